The Balaban J connectivity index is 1.66. The molecule has 1 aliphatic heterocycles. The molecule has 0 amide bonds. The van der Waals surface area contributed by atoms with E-state index in [4.69, 9.17) is 0 Å². The molecule has 1 N–H and O–H groups in total. The molecule has 0 spiro atoms. The standard InChI is InChI=1S/C14H26N4/c1-13(12-17-8-4-3-5-9-17)15-11-14(2)18-10-6-7-16-18/h6-7,10,13-15H,3-5,8-9,11-12H2,1-2H3. The largest absolute Gasteiger partial charge is 0.311 e. The second-order valence-corrected chi connectivity index (χ2v) is 5.51. The molecule has 1 saturated heterocycles. The first-order valence-electron chi connectivity index (χ1n) is 7.20. The third-order valence-corrected chi connectivity index (χ3v) is 3.72. The van der Waals surface area contributed by atoms with E-state index in [1.54, 1.807) is 0 Å². The molecule has 102 valence electrons. The van der Waals surface area contributed by atoms with Crippen molar-refractivity contribution in [3.8, 4) is 0 Å². The summed E-state index contributed by atoms with van der Waals surface area (Å²) in [5.74, 6) is 0. The smallest absolute Gasteiger partial charge is 0.0615 e. The monoisotopic (exact) mass is 250 g/mol. The van der Waals surface area contributed by atoms with Crippen LogP contribution in [-0.2, 0) is 0 Å². The normalized spacial score (nSPS) is 20.8. The zero-order chi connectivity index (χ0) is 12.8. The Morgan fingerprint density at radius 2 is 2.00 bits per heavy atom. The highest BCUT2D eigenvalue weighted by Gasteiger charge is 2.14. The lowest BCUT2D eigenvalue weighted by atomic mass is 10.1. The maximum absolute atomic E-state index is 4.28. The summed E-state index contributed by atoms with van der Waals surface area (Å²) in [6, 6.07) is 2.96. The van der Waals surface area contributed by atoms with Crippen LogP contribution in [0.1, 0.15) is 39.2 Å². The molecule has 2 atom stereocenters. The van der Waals surface area contributed by atoms with Crippen LogP contribution in [0.2, 0.25) is 0 Å². The fourth-order valence-corrected chi connectivity index (χ4v) is 2.60. The van der Waals surface area contributed by atoms with Gasteiger partial charge in [0.05, 0.1) is 6.04 Å². The zero-order valence-electron chi connectivity index (χ0n) is 11.7. The Bertz CT molecular complexity index is 317. The highest BCUT2D eigenvalue weighted by atomic mass is 15.3. The Kier molecular flexibility index (Phi) is 5.20. The average molecular weight is 250 g/mol. The summed E-state index contributed by atoms with van der Waals surface area (Å²) >= 11 is 0. The number of hydrogen-bond acceptors (Lipinski definition) is 3. The van der Waals surface area contributed by atoms with Gasteiger partial charge < -0.3 is 10.2 Å². The van der Waals surface area contributed by atoms with Gasteiger partial charge in [-0.3, -0.25) is 4.68 Å². The lowest BCUT2D eigenvalue weighted by Gasteiger charge is -2.29. The van der Waals surface area contributed by atoms with Crippen molar-refractivity contribution in [2.45, 2.75) is 45.2 Å². The minimum Gasteiger partial charge on any atom is -0.311 e. The third kappa shape index (κ3) is 4.10. The van der Waals surface area contributed by atoms with E-state index in [0.717, 1.165) is 6.54 Å². The van der Waals surface area contributed by atoms with Crippen LogP contribution in [0, 0.1) is 0 Å². The number of nitrogens with one attached hydrogen (secondary N) is 1. The van der Waals surface area contributed by atoms with Crippen molar-refractivity contribution in [3.05, 3.63) is 18.5 Å². The predicted octanol–water partition coefficient (Wildman–Crippen LogP) is 1.91. The predicted molar refractivity (Wildman–Crippen MR) is 74.7 cm³/mol. The third-order valence-electron chi connectivity index (χ3n) is 3.72. The number of likely N-dealkylation sites (tertiary alicyclic amines) is 1. The summed E-state index contributed by atoms with van der Waals surface area (Å²) in [4.78, 5) is 2.58. The van der Waals surface area contributed by atoms with Crippen molar-refractivity contribution in [1.82, 2.24) is 20.0 Å². The Hall–Kier alpha value is -0.870. The molecule has 4 heteroatoms. The quantitative estimate of drug-likeness (QED) is 0.837. The molecular formula is C14H26N4. The number of piperidine rings is 1. The summed E-state index contributed by atoms with van der Waals surface area (Å²) in [5, 5.41) is 7.89. The van der Waals surface area contributed by atoms with Gasteiger partial charge >= 0.3 is 0 Å². The first-order valence-corrected chi connectivity index (χ1v) is 7.20. The van der Waals surface area contributed by atoms with Gasteiger partial charge in [-0.15, -0.1) is 0 Å². The second kappa shape index (κ2) is 6.90. The topological polar surface area (TPSA) is 33.1 Å². The minimum absolute atomic E-state index is 0.420. The van der Waals surface area contributed by atoms with Crippen molar-refractivity contribution in [2.75, 3.05) is 26.2 Å². The lowest BCUT2D eigenvalue weighted by Crippen LogP contribution is -2.42. The van der Waals surface area contributed by atoms with Gasteiger partial charge in [0.2, 0.25) is 0 Å². The molecule has 0 bridgehead atoms. The van der Waals surface area contributed by atoms with Crippen LogP contribution in [0.25, 0.3) is 0 Å². The van der Waals surface area contributed by atoms with Crippen LogP contribution in [0.4, 0.5) is 0 Å². The van der Waals surface area contributed by atoms with Gasteiger partial charge in [-0.25, -0.2) is 0 Å². The van der Waals surface area contributed by atoms with Crippen molar-refractivity contribution in [3.63, 3.8) is 0 Å². The van der Waals surface area contributed by atoms with Crippen molar-refractivity contribution < 1.29 is 0 Å². The van der Waals surface area contributed by atoms with Crippen LogP contribution in [-0.4, -0.2) is 46.9 Å². The molecule has 1 aromatic rings. The molecule has 2 rings (SSSR count). The molecule has 1 fully saturated rings. The van der Waals surface area contributed by atoms with Gasteiger partial charge in [-0.05, 0) is 45.8 Å². The molecular weight excluding hydrogens is 224 g/mol. The maximum atomic E-state index is 4.28. The number of aromatic nitrogens is 2. The zero-order valence-corrected chi connectivity index (χ0v) is 11.7. The average Bonchev–Trinajstić information content (AvgIpc) is 2.91. The SMILES string of the molecule is CC(CN1CCCCC1)NCC(C)n1cccn1. The molecule has 1 aromatic heterocycles. The van der Waals surface area contributed by atoms with E-state index in [-0.39, 0.29) is 0 Å². The fourth-order valence-electron chi connectivity index (χ4n) is 2.60. The minimum atomic E-state index is 0.420. The van der Waals surface area contributed by atoms with Gasteiger partial charge in [-0.1, -0.05) is 6.42 Å². The maximum Gasteiger partial charge on any atom is 0.0615 e. The molecule has 0 aliphatic carbocycles. The van der Waals surface area contributed by atoms with Gasteiger partial charge in [0.25, 0.3) is 0 Å². The van der Waals surface area contributed by atoms with E-state index >= 15 is 0 Å². The molecule has 0 radical (unpaired) electrons. The van der Waals surface area contributed by atoms with E-state index in [1.165, 1.54) is 38.9 Å². The summed E-state index contributed by atoms with van der Waals surface area (Å²) < 4.78 is 2.01. The summed E-state index contributed by atoms with van der Waals surface area (Å²) in [5.41, 5.74) is 0. The molecule has 2 heterocycles. The van der Waals surface area contributed by atoms with E-state index in [2.05, 4.69) is 29.2 Å². The van der Waals surface area contributed by atoms with Gasteiger partial charge in [-0.2, -0.15) is 5.10 Å². The van der Waals surface area contributed by atoms with Crippen LogP contribution in [0.5, 0.6) is 0 Å². The molecule has 4 nitrogen and oxygen atoms in total. The highest BCUT2D eigenvalue weighted by Crippen LogP contribution is 2.09. The summed E-state index contributed by atoms with van der Waals surface area (Å²) in [6.45, 7) is 9.20. The highest BCUT2D eigenvalue weighted by molar-refractivity contribution is 4.81. The Morgan fingerprint density at radius 1 is 1.22 bits per heavy atom. The second-order valence-electron chi connectivity index (χ2n) is 5.51. The van der Waals surface area contributed by atoms with Crippen molar-refractivity contribution in [2.24, 2.45) is 0 Å². The van der Waals surface area contributed by atoms with Crippen LogP contribution in [0.15, 0.2) is 18.5 Å². The Labute approximate surface area is 110 Å². The van der Waals surface area contributed by atoms with Crippen molar-refractivity contribution >= 4 is 0 Å². The molecule has 18 heavy (non-hydrogen) atoms. The molecule has 0 aromatic carbocycles. The van der Waals surface area contributed by atoms with Crippen LogP contribution in [0.3, 0.4) is 0 Å². The van der Waals surface area contributed by atoms with Gasteiger partial charge in [0.15, 0.2) is 0 Å². The van der Waals surface area contributed by atoms with E-state index in [9.17, 15) is 0 Å². The Morgan fingerprint density at radius 3 is 2.67 bits per heavy atom. The van der Waals surface area contributed by atoms with Gasteiger partial charge in [0, 0.05) is 31.5 Å². The molecule has 2 unspecified atom stereocenters. The number of rotatable bonds is 6. The molecule has 0 saturated carbocycles. The first kappa shape index (κ1) is 13.6. The first-order chi connectivity index (χ1) is 8.75. The fraction of sp³-hybridized carbons (Fsp3) is 0.786. The van der Waals surface area contributed by atoms with Crippen LogP contribution >= 0.6 is 0 Å². The van der Waals surface area contributed by atoms with E-state index in [1.807, 2.05) is 23.1 Å². The summed E-state index contributed by atoms with van der Waals surface area (Å²) in [7, 11) is 0. The summed E-state index contributed by atoms with van der Waals surface area (Å²) in [6.07, 6.45) is 8.02. The van der Waals surface area contributed by atoms with E-state index < -0.39 is 0 Å². The lowest BCUT2D eigenvalue weighted by molar-refractivity contribution is 0.207. The number of nitrogens with zero attached hydrogens (tertiary/aromatic N) is 3. The van der Waals surface area contributed by atoms with Gasteiger partial charge in [0.1, 0.15) is 0 Å². The number of hydrogen-bond donors (Lipinski definition) is 1. The van der Waals surface area contributed by atoms with E-state index in [0.29, 0.717) is 12.1 Å². The van der Waals surface area contributed by atoms with Crippen LogP contribution < -0.4 is 5.32 Å². The molecule has 1 aliphatic rings. The van der Waals surface area contributed by atoms with Crippen molar-refractivity contribution in [1.29, 1.82) is 0 Å².